The molecule has 2 rings (SSSR count). The van der Waals surface area contributed by atoms with Crippen LogP contribution in [-0.2, 0) is 4.79 Å². The van der Waals surface area contributed by atoms with Crippen LogP contribution in [0.2, 0.25) is 0 Å². The fourth-order valence-electron chi connectivity index (χ4n) is 3.18. The molecule has 6 heteroatoms. The second-order valence-corrected chi connectivity index (χ2v) is 6.62. The first-order chi connectivity index (χ1) is 11.3. The number of Topliss-reactive ketones (excluding diaryl/α,β-unsaturated/α-hetero) is 1. The van der Waals surface area contributed by atoms with Gasteiger partial charge in [0, 0.05) is 17.7 Å². The number of ketones is 1. The molecule has 1 aliphatic carbocycles. The van der Waals surface area contributed by atoms with E-state index in [0.29, 0.717) is 11.1 Å². The molecule has 0 heterocycles. The molecule has 0 bridgehead atoms. The zero-order chi connectivity index (χ0) is 18.0. The van der Waals surface area contributed by atoms with Crippen LogP contribution >= 0.6 is 0 Å². The maximum atomic E-state index is 12.7. The van der Waals surface area contributed by atoms with Gasteiger partial charge in [-0.2, -0.15) is 0 Å². The van der Waals surface area contributed by atoms with E-state index in [0.717, 1.165) is 12.8 Å². The third-order valence-corrected chi connectivity index (χ3v) is 4.66. The zero-order valence-corrected chi connectivity index (χ0v) is 14.4. The van der Waals surface area contributed by atoms with Crippen LogP contribution in [0.4, 0.5) is 5.69 Å². The van der Waals surface area contributed by atoms with Gasteiger partial charge in [-0.1, -0.05) is 20.8 Å². The molecule has 130 valence electrons. The molecule has 1 saturated carbocycles. The molecule has 0 radical (unpaired) electrons. The van der Waals surface area contributed by atoms with Gasteiger partial charge in [0.05, 0.1) is 12.0 Å². The molecule has 1 aliphatic rings. The molecule has 0 unspecified atom stereocenters. The van der Waals surface area contributed by atoms with E-state index in [2.05, 4.69) is 0 Å². The molecule has 24 heavy (non-hydrogen) atoms. The zero-order valence-electron chi connectivity index (χ0n) is 14.4. The number of nitrogens with zero attached hydrogens (tertiary/aromatic N) is 1. The highest BCUT2D eigenvalue weighted by Gasteiger charge is 2.32. The Kier molecular flexibility index (Phi) is 5.26. The second kappa shape index (κ2) is 7.03. The van der Waals surface area contributed by atoms with E-state index in [4.69, 9.17) is 4.74 Å². The topological polar surface area (TPSA) is 92.5 Å². The van der Waals surface area contributed by atoms with E-state index >= 15 is 0 Å². The van der Waals surface area contributed by atoms with Crippen LogP contribution in [0.1, 0.15) is 39.2 Å². The Labute approximate surface area is 141 Å². The summed E-state index contributed by atoms with van der Waals surface area (Å²) in [4.78, 5) is 23.1. The molecule has 6 nitrogen and oxygen atoms in total. The average molecular weight is 332 g/mol. The number of rotatable bonds is 4. The third-order valence-electron chi connectivity index (χ3n) is 4.66. The molecule has 0 N–H and O–H groups in total. The number of allylic oxidation sites excluding steroid dienone is 1. The van der Waals surface area contributed by atoms with Gasteiger partial charge in [-0.25, -0.2) is 0 Å². The minimum atomic E-state index is -0.757. The molecule has 1 fully saturated rings. The summed E-state index contributed by atoms with van der Waals surface area (Å²) in [6.45, 7) is 6.03. The number of benzene rings is 1. The Hall–Kier alpha value is -2.37. The summed E-state index contributed by atoms with van der Waals surface area (Å²) >= 11 is 0. The molecular weight excluding hydrogens is 310 g/mol. The summed E-state index contributed by atoms with van der Waals surface area (Å²) in [6, 6.07) is 2.65. The normalized spacial score (nSPS) is 22.9. The summed E-state index contributed by atoms with van der Waals surface area (Å²) in [6.07, 6.45) is 3.42. The number of nitro groups is 1. The first-order valence-electron chi connectivity index (χ1n) is 8.05. The van der Waals surface area contributed by atoms with Gasteiger partial charge in [-0.3, -0.25) is 14.9 Å². The predicted molar refractivity (Wildman–Crippen MR) is 88.8 cm³/mol. The number of nitro benzene ring substituents is 1. The smallest absolute Gasteiger partial charge is 0.266 e. The van der Waals surface area contributed by atoms with Crippen molar-refractivity contribution in [3.8, 4) is 11.5 Å². The van der Waals surface area contributed by atoms with Gasteiger partial charge in [0.25, 0.3) is 5.69 Å². The van der Waals surface area contributed by atoms with E-state index < -0.39 is 16.4 Å². The van der Waals surface area contributed by atoms with Gasteiger partial charge in [0.15, 0.2) is 5.78 Å². The Morgan fingerprint density at radius 3 is 2.54 bits per heavy atom. The number of methoxy groups -OCH3 is 1. The van der Waals surface area contributed by atoms with Crippen LogP contribution in [0.5, 0.6) is 11.5 Å². The lowest BCUT2D eigenvalue weighted by Gasteiger charge is -2.30. The molecule has 2 atom stereocenters. The quantitative estimate of drug-likeness (QED) is 0.479. The Balaban J connectivity index is 2.50. The standard InChI is InChI=1S/C18H23NO5/c1-10(2)13-6-5-11(3)14(17(13)20)7-12-8-15(19(22)23)18(21)16(9-12)24-4/h7-11,13,21H,5-6H2,1-4H3/p-1/t11-,13+/m1/s1. The SMILES string of the molecule is COc1cc(C=C2C(=O)[C@H](C(C)C)CC[C@H]2C)cc([N+](=O)[O-])c1[O-]. The van der Waals surface area contributed by atoms with Crippen molar-refractivity contribution in [2.45, 2.75) is 33.6 Å². The summed E-state index contributed by atoms with van der Waals surface area (Å²) in [5.74, 6) is -0.439. The maximum absolute atomic E-state index is 12.7. The number of carbonyl (C=O) groups is 1. The van der Waals surface area contributed by atoms with E-state index in [1.165, 1.54) is 19.2 Å². The first kappa shape index (κ1) is 18.0. The van der Waals surface area contributed by atoms with E-state index in [-0.39, 0.29) is 29.3 Å². The van der Waals surface area contributed by atoms with Gasteiger partial charge >= 0.3 is 0 Å². The van der Waals surface area contributed by atoms with Crippen molar-refractivity contribution in [3.05, 3.63) is 33.4 Å². The lowest BCUT2D eigenvalue weighted by Crippen LogP contribution is -2.30. The Morgan fingerprint density at radius 1 is 1.33 bits per heavy atom. The monoisotopic (exact) mass is 332 g/mol. The van der Waals surface area contributed by atoms with Crippen molar-refractivity contribution in [1.82, 2.24) is 0 Å². The molecular formula is C18H22NO5-. The van der Waals surface area contributed by atoms with Crippen molar-refractivity contribution in [3.63, 3.8) is 0 Å². The van der Waals surface area contributed by atoms with Gasteiger partial charge in [-0.05, 0) is 48.0 Å². The molecule has 0 aromatic heterocycles. The molecule has 0 saturated heterocycles. The summed E-state index contributed by atoms with van der Waals surface area (Å²) in [5, 5.41) is 23.0. The van der Waals surface area contributed by atoms with Crippen LogP contribution in [0.3, 0.4) is 0 Å². The van der Waals surface area contributed by atoms with Gasteiger partial charge in [0.2, 0.25) is 0 Å². The molecule has 0 amide bonds. The van der Waals surface area contributed by atoms with Gasteiger partial charge in [-0.15, -0.1) is 0 Å². The molecule has 1 aromatic carbocycles. The number of hydrogen-bond acceptors (Lipinski definition) is 5. The Bertz CT molecular complexity index is 693. The molecule has 1 aromatic rings. The summed E-state index contributed by atoms with van der Waals surface area (Å²) in [7, 11) is 1.29. The van der Waals surface area contributed by atoms with Crippen LogP contribution in [0, 0.1) is 27.9 Å². The highest BCUT2D eigenvalue weighted by atomic mass is 16.6. The fraction of sp³-hybridized carbons (Fsp3) is 0.500. The Morgan fingerprint density at radius 2 is 2.00 bits per heavy atom. The largest absolute Gasteiger partial charge is 0.865 e. The van der Waals surface area contributed by atoms with E-state index in [9.17, 15) is 20.0 Å². The van der Waals surface area contributed by atoms with Gasteiger partial charge in [0.1, 0.15) is 5.75 Å². The molecule has 0 aliphatic heterocycles. The number of ether oxygens (including phenoxy) is 1. The van der Waals surface area contributed by atoms with Crippen molar-refractivity contribution >= 4 is 17.5 Å². The van der Waals surface area contributed by atoms with E-state index in [1.807, 2.05) is 20.8 Å². The summed E-state index contributed by atoms with van der Waals surface area (Å²) in [5.41, 5.74) is 0.560. The van der Waals surface area contributed by atoms with Crippen LogP contribution in [0.15, 0.2) is 17.7 Å². The third kappa shape index (κ3) is 3.42. The fourth-order valence-corrected chi connectivity index (χ4v) is 3.18. The maximum Gasteiger partial charge on any atom is 0.266 e. The van der Waals surface area contributed by atoms with Gasteiger partial charge < -0.3 is 9.84 Å². The lowest BCUT2D eigenvalue weighted by atomic mass is 9.73. The van der Waals surface area contributed by atoms with Crippen molar-refractivity contribution < 1.29 is 19.6 Å². The van der Waals surface area contributed by atoms with Crippen molar-refractivity contribution in [1.29, 1.82) is 0 Å². The molecule has 0 spiro atoms. The number of carbonyl (C=O) groups excluding carboxylic acids is 1. The minimum Gasteiger partial charge on any atom is -0.865 e. The van der Waals surface area contributed by atoms with Crippen LogP contribution < -0.4 is 9.84 Å². The highest BCUT2D eigenvalue weighted by Crippen LogP contribution is 2.38. The number of hydrogen-bond donors (Lipinski definition) is 0. The highest BCUT2D eigenvalue weighted by molar-refractivity contribution is 6.02. The van der Waals surface area contributed by atoms with Crippen molar-refractivity contribution in [2.75, 3.05) is 7.11 Å². The predicted octanol–water partition coefficient (Wildman–Crippen LogP) is 3.33. The lowest BCUT2D eigenvalue weighted by molar-refractivity contribution is -0.398. The van der Waals surface area contributed by atoms with Crippen LogP contribution in [0.25, 0.3) is 6.08 Å². The average Bonchev–Trinajstić information content (AvgIpc) is 2.51. The minimum absolute atomic E-state index is 0.0249. The van der Waals surface area contributed by atoms with Crippen LogP contribution in [-0.4, -0.2) is 17.8 Å². The van der Waals surface area contributed by atoms with Crippen molar-refractivity contribution in [2.24, 2.45) is 17.8 Å². The second-order valence-electron chi connectivity index (χ2n) is 6.62. The first-order valence-corrected chi connectivity index (χ1v) is 8.05. The van der Waals surface area contributed by atoms with E-state index in [1.54, 1.807) is 6.08 Å². The summed E-state index contributed by atoms with van der Waals surface area (Å²) < 4.78 is 4.95.